The molecule has 0 amide bonds. The van der Waals surface area contributed by atoms with Crippen molar-refractivity contribution in [3.63, 3.8) is 0 Å². The van der Waals surface area contributed by atoms with Gasteiger partial charge in [-0.2, -0.15) is 0 Å². The maximum Gasteiger partial charge on any atom is 0.335 e. The summed E-state index contributed by atoms with van der Waals surface area (Å²) >= 11 is 0. The molecule has 0 atom stereocenters. The number of carboxylic acid groups (broad SMARTS) is 2. The van der Waals surface area contributed by atoms with E-state index in [9.17, 15) is 9.59 Å². The van der Waals surface area contributed by atoms with E-state index in [-0.39, 0.29) is 11.1 Å². The second kappa shape index (κ2) is 8.81. The number of allylic oxidation sites excluding steroid dienone is 2. The molecular weight excluding hydrogens is 408 g/mol. The van der Waals surface area contributed by atoms with Gasteiger partial charge in [0, 0.05) is 12.5 Å². The number of hydrogen-bond acceptors (Lipinski definition) is 4. The standard InChI is InChI=1S/C26H20O6/c27-24(28)20-6-10-22(11-7-20)31-26(32-23-12-8-21(9-13-23)25(29)30)16-14-19(15-17-26)18-4-2-1-3-5-18/h1-16H,17H2,(H,27,28)(H,29,30). The molecule has 0 heterocycles. The van der Waals surface area contributed by atoms with Gasteiger partial charge in [0.25, 0.3) is 5.79 Å². The lowest BCUT2D eigenvalue weighted by atomic mass is 9.96. The second-order valence-electron chi connectivity index (χ2n) is 7.24. The summed E-state index contributed by atoms with van der Waals surface area (Å²) in [7, 11) is 0. The first-order valence-corrected chi connectivity index (χ1v) is 9.94. The van der Waals surface area contributed by atoms with Crippen molar-refractivity contribution in [2.45, 2.75) is 12.2 Å². The maximum atomic E-state index is 11.1. The Hall–Kier alpha value is -4.32. The smallest absolute Gasteiger partial charge is 0.335 e. The molecular formula is C26H20O6. The average Bonchev–Trinajstić information content (AvgIpc) is 2.81. The Kier molecular flexibility index (Phi) is 5.77. The summed E-state index contributed by atoms with van der Waals surface area (Å²) in [6, 6.07) is 22.1. The third-order valence-electron chi connectivity index (χ3n) is 5.01. The highest BCUT2D eigenvalue weighted by Gasteiger charge is 2.33. The molecule has 4 rings (SSSR count). The molecule has 0 saturated heterocycles. The molecule has 32 heavy (non-hydrogen) atoms. The Labute approximate surface area is 184 Å². The van der Waals surface area contributed by atoms with E-state index in [2.05, 4.69) is 0 Å². The summed E-state index contributed by atoms with van der Waals surface area (Å²) in [6.45, 7) is 0. The lowest BCUT2D eigenvalue weighted by molar-refractivity contribution is -0.0685. The van der Waals surface area contributed by atoms with Crippen molar-refractivity contribution in [3.05, 3.63) is 114 Å². The van der Waals surface area contributed by atoms with Gasteiger partial charge in [0.05, 0.1) is 11.1 Å². The van der Waals surface area contributed by atoms with Crippen molar-refractivity contribution >= 4 is 17.5 Å². The van der Waals surface area contributed by atoms with E-state index in [0.29, 0.717) is 17.9 Å². The van der Waals surface area contributed by atoms with E-state index in [1.54, 1.807) is 24.3 Å². The van der Waals surface area contributed by atoms with Gasteiger partial charge in [0.1, 0.15) is 11.5 Å². The molecule has 1 aliphatic rings. The molecule has 1 aliphatic carbocycles. The quantitative estimate of drug-likeness (QED) is 0.497. The largest absolute Gasteiger partial charge is 0.478 e. The molecule has 0 radical (unpaired) electrons. The first-order valence-electron chi connectivity index (χ1n) is 9.94. The van der Waals surface area contributed by atoms with Crippen molar-refractivity contribution in [1.29, 1.82) is 0 Å². The van der Waals surface area contributed by atoms with Crippen molar-refractivity contribution in [2.75, 3.05) is 0 Å². The van der Waals surface area contributed by atoms with E-state index >= 15 is 0 Å². The molecule has 2 N–H and O–H groups in total. The van der Waals surface area contributed by atoms with Crippen LogP contribution in [0.3, 0.4) is 0 Å². The molecule has 0 unspecified atom stereocenters. The zero-order valence-electron chi connectivity index (χ0n) is 17.0. The molecule has 0 saturated carbocycles. The summed E-state index contributed by atoms with van der Waals surface area (Å²) in [5, 5.41) is 18.2. The lowest BCUT2D eigenvalue weighted by Crippen LogP contribution is -2.41. The number of carbonyl (C=O) groups is 2. The number of ether oxygens (including phenoxy) is 2. The fourth-order valence-corrected chi connectivity index (χ4v) is 3.35. The highest BCUT2D eigenvalue weighted by atomic mass is 16.7. The van der Waals surface area contributed by atoms with Crippen molar-refractivity contribution in [2.24, 2.45) is 0 Å². The molecule has 6 heteroatoms. The predicted molar refractivity (Wildman–Crippen MR) is 119 cm³/mol. The minimum atomic E-state index is -1.19. The molecule has 3 aromatic rings. The van der Waals surface area contributed by atoms with Gasteiger partial charge < -0.3 is 19.7 Å². The van der Waals surface area contributed by atoms with Crippen molar-refractivity contribution < 1.29 is 29.3 Å². The van der Waals surface area contributed by atoms with E-state index < -0.39 is 17.7 Å². The molecule has 0 spiro atoms. The van der Waals surface area contributed by atoms with Gasteiger partial charge in [0.2, 0.25) is 0 Å². The molecule has 0 bridgehead atoms. The van der Waals surface area contributed by atoms with E-state index in [0.717, 1.165) is 11.1 Å². The number of benzene rings is 3. The van der Waals surface area contributed by atoms with Gasteiger partial charge in [-0.1, -0.05) is 42.5 Å². The fourth-order valence-electron chi connectivity index (χ4n) is 3.35. The van der Waals surface area contributed by atoms with Gasteiger partial charge in [-0.15, -0.1) is 0 Å². The highest BCUT2D eigenvalue weighted by Crippen LogP contribution is 2.33. The SMILES string of the molecule is O=C(O)c1ccc(OC2(Oc3ccc(C(=O)O)cc3)C=CC(c3ccccc3)=CC2)cc1. The fraction of sp³-hybridized carbons (Fsp3) is 0.0769. The van der Waals surface area contributed by atoms with Crippen LogP contribution in [0.2, 0.25) is 0 Å². The Morgan fingerprint density at radius 3 is 1.62 bits per heavy atom. The van der Waals surface area contributed by atoms with Crippen LogP contribution in [0.1, 0.15) is 32.7 Å². The summed E-state index contributed by atoms with van der Waals surface area (Å²) in [5.74, 6) is -2.34. The van der Waals surface area contributed by atoms with Crippen LogP contribution in [0.5, 0.6) is 11.5 Å². The van der Waals surface area contributed by atoms with Crippen LogP contribution in [0.15, 0.2) is 97.1 Å². The Morgan fingerprint density at radius 2 is 1.22 bits per heavy atom. The molecule has 0 aromatic heterocycles. The third-order valence-corrected chi connectivity index (χ3v) is 5.01. The van der Waals surface area contributed by atoms with Crippen LogP contribution in [-0.4, -0.2) is 27.9 Å². The van der Waals surface area contributed by atoms with Crippen LogP contribution in [0, 0.1) is 0 Å². The average molecular weight is 428 g/mol. The highest BCUT2D eigenvalue weighted by molar-refractivity contribution is 5.88. The number of aromatic carboxylic acids is 2. The van der Waals surface area contributed by atoms with Crippen LogP contribution < -0.4 is 9.47 Å². The Morgan fingerprint density at radius 1 is 0.719 bits per heavy atom. The van der Waals surface area contributed by atoms with Gasteiger partial charge in [-0.05, 0) is 59.7 Å². The number of carboxylic acids is 2. The molecule has 0 fully saturated rings. The Bertz CT molecular complexity index is 1120. The zero-order chi connectivity index (χ0) is 22.6. The Balaban J connectivity index is 1.62. The van der Waals surface area contributed by atoms with Crippen molar-refractivity contribution in [1.82, 2.24) is 0 Å². The van der Waals surface area contributed by atoms with Gasteiger partial charge in [-0.3, -0.25) is 0 Å². The van der Waals surface area contributed by atoms with E-state index in [1.165, 1.54) is 24.3 Å². The third kappa shape index (κ3) is 4.70. The minimum Gasteiger partial charge on any atom is -0.478 e. The van der Waals surface area contributed by atoms with Gasteiger partial charge >= 0.3 is 11.9 Å². The topological polar surface area (TPSA) is 93.1 Å². The van der Waals surface area contributed by atoms with Crippen LogP contribution in [0.4, 0.5) is 0 Å². The predicted octanol–water partition coefficient (Wildman–Crippen LogP) is 5.28. The first-order chi connectivity index (χ1) is 15.4. The zero-order valence-corrected chi connectivity index (χ0v) is 17.0. The van der Waals surface area contributed by atoms with E-state index in [4.69, 9.17) is 19.7 Å². The van der Waals surface area contributed by atoms with Crippen LogP contribution in [-0.2, 0) is 0 Å². The normalized spacial score (nSPS) is 14.3. The monoisotopic (exact) mass is 428 g/mol. The van der Waals surface area contributed by atoms with Crippen molar-refractivity contribution in [3.8, 4) is 11.5 Å². The summed E-state index contributed by atoms with van der Waals surface area (Å²) in [6.07, 6.45) is 6.11. The number of hydrogen-bond donors (Lipinski definition) is 2. The summed E-state index contributed by atoms with van der Waals surface area (Å²) in [5.41, 5.74) is 2.40. The first kappa shape index (κ1) is 20.9. The number of rotatable bonds is 7. The lowest BCUT2D eigenvalue weighted by Gasteiger charge is -2.33. The van der Waals surface area contributed by atoms with Crippen LogP contribution in [0.25, 0.3) is 5.57 Å². The van der Waals surface area contributed by atoms with Crippen LogP contribution >= 0.6 is 0 Å². The molecule has 6 nitrogen and oxygen atoms in total. The minimum absolute atomic E-state index is 0.155. The van der Waals surface area contributed by atoms with E-state index in [1.807, 2.05) is 48.6 Å². The second-order valence-corrected chi connectivity index (χ2v) is 7.24. The maximum absolute atomic E-state index is 11.1. The molecule has 3 aromatic carbocycles. The van der Waals surface area contributed by atoms with Gasteiger partial charge in [-0.25, -0.2) is 9.59 Å². The summed E-state index contributed by atoms with van der Waals surface area (Å²) in [4.78, 5) is 22.3. The molecule has 160 valence electrons. The molecule has 0 aliphatic heterocycles. The summed E-state index contributed by atoms with van der Waals surface area (Å²) < 4.78 is 12.4. The van der Waals surface area contributed by atoms with Gasteiger partial charge in [0.15, 0.2) is 0 Å².